The van der Waals surface area contributed by atoms with Crippen LogP contribution in [-0.2, 0) is 0 Å². The molecule has 0 aliphatic carbocycles. The number of carboxylic acids is 1. The highest BCUT2D eigenvalue weighted by Crippen LogP contribution is 2.29. The molecular formula is C12H9BrFNO2. The molecule has 0 fully saturated rings. The number of fused-ring (bicyclic) bond motifs is 1. The number of hydrogen-bond donors (Lipinski definition) is 1. The smallest absolute Gasteiger partial charge is 0.336 e. The molecule has 2 rings (SSSR count). The maximum Gasteiger partial charge on any atom is 0.336 e. The first-order chi connectivity index (χ1) is 7.91. The van der Waals surface area contributed by atoms with Crippen LogP contribution in [0.2, 0.25) is 0 Å². The Balaban J connectivity index is 3.03. The molecule has 17 heavy (non-hydrogen) atoms. The van der Waals surface area contributed by atoms with Crippen molar-refractivity contribution >= 4 is 32.8 Å². The minimum atomic E-state index is -1.07. The topological polar surface area (TPSA) is 50.2 Å². The number of carbonyl (C=O) groups is 1. The Kier molecular flexibility index (Phi) is 2.87. The van der Waals surface area contributed by atoms with Crippen molar-refractivity contribution in [1.82, 2.24) is 4.98 Å². The lowest BCUT2D eigenvalue weighted by atomic mass is 10.0. The number of aromatic nitrogens is 1. The van der Waals surface area contributed by atoms with Gasteiger partial charge in [-0.1, -0.05) is 0 Å². The monoisotopic (exact) mass is 297 g/mol. The van der Waals surface area contributed by atoms with Gasteiger partial charge in [0.1, 0.15) is 5.82 Å². The molecule has 0 bridgehead atoms. The van der Waals surface area contributed by atoms with E-state index in [0.717, 1.165) is 0 Å². The zero-order valence-electron chi connectivity index (χ0n) is 9.21. The first kappa shape index (κ1) is 12.0. The summed E-state index contributed by atoms with van der Waals surface area (Å²) in [6.45, 7) is 3.40. The summed E-state index contributed by atoms with van der Waals surface area (Å²) in [5, 5.41) is 9.52. The molecule has 1 aromatic carbocycles. The van der Waals surface area contributed by atoms with E-state index in [2.05, 4.69) is 20.9 Å². The number of halogens is 2. The van der Waals surface area contributed by atoms with Gasteiger partial charge >= 0.3 is 5.97 Å². The summed E-state index contributed by atoms with van der Waals surface area (Å²) in [7, 11) is 0. The van der Waals surface area contributed by atoms with E-state index in [9.17, 15) is 14.3 Å². The molecule has 0 amide bonds. The summed E-state index contributed by atoms with van der Waals surface area (Å²) in [6, 6.07) is 2.47. The van der Waals surface area contributed by atoms with E-state index < -0.39 is 11.8 Å². The van der Waals surface area contributed by atoms with Crippen molar-refractivity contribution in [3.05, 3.63) is 39.2 Å². The lowest BCUT2D eigenvalue weighted by Gasteiger charge is -2.10. The molecule has 88 valence electrons. The highest BCUT2D eigenvalue weighted by Gasteiger charge is 2.17. The van der Waals surface area contributed by atoms with Gasteiger partial charge in [0.2, 0.25) is 0 Å². The summed E-state index contributed by atoms with van der Waals surface area (Å²) in [5.41, 5.74) is 1.75. The lowest BCUT2D eigenvalue weighted by molar-refractivity contribution is 0.0698. The molecular weight excluding hydrogens is 289 g/mol. The van der Waals surface area contributed by atoms with Crippen molar-refractivity contribution < 1.29 is 14.3 Å². The molecule has 3 nitrogen and oxygen atoms in total. The standard InChI is InChI=1S/C12H9BrFNO2/c1-5-6(2)15-11-8(10(5)12(16)17)3-7(14)4-9(11)13/h3-4H,1-2H3,(H,16,17). The fourth-order valence-corrected chi connectivity index (χ4v) is 2.30. The molecule has 0 saturated heterocycles. The van der Waals surface area contributed by atoms with Crippen molar-refractivity contribution in [3.8, 4) is 0 Å². The van der Waals surface area contributed by atoms with Crippen LogP contribution in [0.15, 0.2) is 16.6 Å². The Morgan fingerprint density at radius 1 is 1.41 bits per heavy atom. The number of rotatable bonds is 1. The van der Waals surface area contributed by atoms with Gasteiger partial charge in [-0.3, -0.25) is 4.98 Å². The largest absolute Gasteiger partial charge is 0.478 e. The van der Waals surface area contributed by atoms with Gasteiger partial charge in [0, 0.05) is 15.6 Å². The van der Waals surface area contributed by atoms with Gasteiger partial charge in [0.15, 0.2) is 0 Å². The van der Waals surface area contributed by atoms with Crippen LogP contribution in [0.1, 0.15) is 21.6 Å². The molecule has 5 heteroatoms. The molecule has 0 aliphatic heterocycles. The van der Waals surface area contributed by atoms with Crippen LogP contribution in [0.25, 0.3) is 10.9 Å². The average molecular weight is 298 g/mol. The third-order valence-corrected chi connectivity index (χ3v) is 3.31. The predicted octanol–water partition coefficient (Wildman–Crippen LogP) is 3.45. The van der Waals surface area contributed by atoms with Crippen molar-refractivity contribution in [2.45, 2.75) is 13.8 Å². The van der Waals surface area contributed by atoms with Crippen LogP contribution in [0, 0.1) is 19.7 Å². The molecule has 2 aromatic rings. The van der Waals surface area contributed by atoms with E-state index in [4.69, 9.17) is 0 Å². The quantitative estimate of drug-likeness (QED) is 0.877. The second kappa shape index (κ2) is 4.07. The highest BCUT2D eigenvalue weighted by molar-refractivity contribution is 9.10. The number of aromatic carboxylic acids is 1. The maximum atomic E-state index is 13.3. The highest BCUT2D eigenvalue weighted by atomic mass is 79.9. The molecule has 1 aromatic heterocycles. The fourth-order valence-electron chi connectivity index (χ4n) is 1.78. The zero-order valence-corrected chi connectivity index (χ0v) is 10.8. The van der Waals surface area contributed by atoms with Gasteiger partial charge in [-0.25, -0.2) is 9.18 Å². The van der Waals surface area contributed by atoms with Gasteiger partial charge in [-0.05, 0) is 47.5 Å². The van der Waals surface area contributed by atoms with Crippen LogP contribution in [0.4, 0.5) is 4.39 Å². The Morgan fingerprint density at radius 3 is 2.65 bits per heavy atom. The number of nitrogens with zero attached hydrogens (tertiary/aromatic N) is 1. The van der Waals surface area contributed by atoms with Gasteiger partial charge in [-0.2, -0.15) is 0 Å². The Morgan fingerprint density at radius 2 is 2.06 bits per heavy atom. The molecule has 0 atom stereocenters. The molecule has 0 unspecified atom stereocenters. The van der Waals surface area contributed by atoms with Gasteiger partial charge < -0.3 is 5.11 Å². The van der Waals surface area contributed by atoms with Crippen molar-refractivity contribution in [3.63, 3.8) is 0 Å². The van der Waals surface area contributed by atoms with Gasteiger partial charge in [-0.15, -0.1) is 0 Å². The molecule has 0 radical (unpaired) electrons. The fraction of sp³-hybridized carbons (Fsp3) is 0.167. The number of pyridine rings is 1. The number of benzene rings is 1. The first-order valence-corrected chi connectivity index (χ1v) is 5.70. The minimum Gasteiger partial charge on any atom is -0.478 e. The number of hydrogen-bond acceptors (Lipinski definition) is 2. The normalized spacial score (nSPS) is 10.8. The van der Waals surface area contributed by atoms with Gasteiger partial charge in [0.25, 0.3) is 0 Å². The summed E-state index contributed by atoms with van der Waals surface area (Å²) in [5.74, 6) is -1.56. The van der Waals surface area contributed by atoms with Crippen LogP contribution in [-0.4, -0.2) is 16.1 Å². The number of carboxylic acid groups (broad SMARTS) is 1. The van der Waals surface area contributed by atoms with Crippen molar-refractivity contribution in [1.29, 1.82) is 0 Å². The zero-order chi connectivity index (χ0) is 12.7. The van der Waals surface area contributed by atoms with Crippen LogP contribution < -0.4 is 0 Å². The van der Waals surface area contributed by atoms with Crippen LogP contribution in [0.5, 0.6) is 0 Å². The van der Waals surface area contributed by atoms with E-state index in [1.807, 2.05) is 0 Å². The average Bonchev–Trinajstić information content (AvgIpc) is 2.20. The molecule has 0 saturated carbocycles. The van der Waals surface area contributed by atoms with Gasteiger partial charge in [0.05, 0.1) is 11.1 Å². The SMILES string of the molecule is Cc1nc2c(Br)cc(F)cc2c(C(=O)O)c1C. The van der Waals surface area contributed by atoms with Crippen LogP contribution in [0.3, 0.4) is 0 Å². The Labute approximate surface area is 105 Å². The third kappa shape index (κ3) is 1.91. The summed E-state index contributed by atoms with van der Waals surface area (Å²) < 4.78 is 13.8. The van der Waals surface area contributed by atoms with E-state index in [-0.39, 0.29) is 5.56 Å². The second-order valence-corrected chi connectivity index (χ2v) is 4.64. The predicted molar refractivity (Wildman–Crippen MR) is 65.8 cm³/mol. The molecule has 0 spiro atoms. The molecule has 0 aliphatic rings. The number of aryl methyl sites for hydroxylation is 1. The lowest BCUT2D eigenvalue weighted by Crippen LogP contribution is -2.05. The minimum absolute atomic E-state index is 0.104. The summed E-state index contributed by atoms with van der Waals surface area (Å²) in [6.07, 6.45) is 0. The third-order valence-electron chi connectivity index (χ3n) is 2.71. The van der Waals surface area contributed by atoms with E-state index in [1.165, 1.54) is 12.1 Å². The molecule has 1 heterocycles. The summed E-state index contributed by atoms with van der Waals surface area (Å²) >= 11 is 3.19. The maximum absolute atomic E-state index is 13.3. The van der Waals surface area contributed by atoms with Crippen molar-refractivity contribution in [2.75, 3.05) is 0 Å². The first-order valence-electron chi connectivity index (χ1n) is 4.91. The Hall–Kier alpha value is -1.49. The summed E-state index contributed by atoms with van der Waals surface area (Å²) in [4.78, 5) is 15.5. The van der Waals surface area contributed by atoms with Crippen LogP contribution >= 0.6 is 15.9 Å². The second-order valence-electron chi connectivity index (χ2n) is 3.79. The Bertz CT molecular complexity index is 640. The van der Waals surface area contributed by atoms with E-state index in [1.54, 1.807) is 13.8 Å². The van der Waals surface area contributed by atoms with E-state index in [0.29, 0.717) is 26.6 Å². The molecule has 1 N–H and O–H groups in total. The van der Waals surface area contributed by atoms with Crippen molar-refractivity contribution in [2.24, 2.45) is 0 Å². The van der Waals surface area contributed by atoms with E-state index >= 15 is 0 Å².